The summed E-state index contributed by atoms with van der Waals surface area (Å²) in [6.07, 6.45) is 1.61. The minimum atomic E-state index is 0.694. The van der Waals surface area contributed by atoms with Crippen LogP contribution in [0.4, 0.5) is 11.8 Å². The molecule has 2 fully saturated rings. The molecule has 0 spiro atoms. The highest BCUT2D eigenvalue weighted by Gasteiger charge is 2.23. The van der Waals surface area contributed by atoms with Crippen LogP contribution in [-0.2, 0) is 4.74 Å². The number of nitrogens with one attached hydrogen (secondary N) is 1. The number of halogens is 1. The van der Waals surface area contributed by atoms with Crippen LogP contribution in [0.1, 0.15) is 0 Å². The Morgan fingerprint density at radius 1 is 0.900 bits per heavy atom. The lowest BCUT2D eigenvalue weighted by atomic mass is 10.3. The van der Waals surface area contributed by atoms with Gasteiger partial charge < -0.3 is 19.9 Å². The molecule has 5 rings (SSSR count). The summed E-state index contributed by atoms with van der Waals surface area (Å²) < 4.78 is 6.60. The second-order valence-corrected chi connectivity index (χ2v) is 9.09. The topological polar surface area (TPSA) is 79.3 Å². The molecule has 2 saturated heterocycles. The van der Waals surface area contributed by atoms with Gasteiger partial charge in [0.05, 0.1) is 13.2 Å². The summed E-state index contributed by atoms with van der Waals surface area (Å²) in [6.45, 7) is 6.62. The van der Waals surface area contributed by atoms with Crippen LogP contribution in [-0.4, -0.2) is 72.4 Å². The summed E-state index contributed by atoms with van der Waals surface area (Å²) >= 11 is 5.10. The number of hydrogen-bond donors (Lipinski definition) is 1. The molecule has 4 heterocycles. The molecule has 3 aromatic rings. The van der Waals surface area contributed by atoms with E-state index in [4.69, 9.17) is 14.7 Å². The summed E-state index contributed by atoms with van der Waals surface area (Å²) in [4.78, 5) is 24.7. The molecule has 10 heteroatoms. The van der Waals surface area contributed by atoms with Crippen molar-refractivity contribution in [3.05, 3.63) is 35.1 Å². The van der Waals surface area contributed by atoms with E-state index in [9.17, 15) is 0 Å². The summed E-state index contributed by atoms with van der Waals surface area (Å²) in [5, 5.41) is 4.23. The van der Waals surface area contributed by atoms with Gasteiger partial charge in [-0.2, -0.15) is 4.98 Å². The molecule has 0 unspecified atom stereocenters. The molecule has 0 atom stereocenters. The van der Waals surface area contributed by atoms with Crippen molar-refractivity contribution in [2.45, 2.75) is 9.92 Å². The Labute approximate surface area is 187 Å². The molecule has 156 valence electrons. The van der Waals surface area contributed by atoms with Gasteiger partial charge in [-0.1, -0.05) is 27.7 Å². The van der Waals surface area contributed by atoms with E-state index in [0.29, 0.717) is 13.2 Å². The first-order valence-corrected chi connectivity index (χ1v) is 11.6. The average molecular weight is 488 g/mol. The summed E-state index contributed by atoms with van der Waals surface area (Å²) in [6, 6.07) is 8.21. The second kappa shape index (κ2) is 9.01. The summed E-state index contributed by atoms with van der Waals surface area (Å²) in [5.41, 5.74) is 1.60. The van der Waals surface area contributed by atoms with Gasteiger partial charge in [-0.05, 0) is 24.3 Å². The molecule has 0 aliphatic carbocycles. The van der Waals surface area contributed by atoms with Crippen molar-refractivity contribution in [1.82, 2.24) is 25.3 Å². The fraction of sp³-hybridized carbons (Fsp3) is 0.400. The maximum atomic E-state index is 5.55. The van der Waals surface area contributed by atoms with Crippen LogP contribution < -0.4 is 15.1 Å². The van der Waals surface area contributed by atoms with Crippen LogP contribution in [0.25, 0.3) is 11.0 Å². The van der Waals surface area contributed by atoms with E-state index in [1.54, 1.807) is 18.1 Å². The lowest BCUT2D eigenvalue weighted by molar-refractivity contribution is 0.122. The minimum Gasteiger partial charge on any atom is -0.378 e. The molecule has 0 saturated carbocycles. The van der Waals surface area contributed by atoms with Crippen LogP contribution in [0.15, 0.2) is 45.0 Å². The standard InChI is InChI=1S/C20H22BrN7OS/c21-14-1-3-15(4-2-14)30-19-17-16(23-13-24-19)18(27-9-11-29-12-10-27)26-20(25-17)28-7-5-22-6-8-28/h1-4,13,22H,5-12H2. The molecule has 8 nitrogen and oxygen atoms in total. The number of fused-ring (bicyclic) bond motifs is 1. The van der Waals surface area contributed by atoms with Crippen molar-refractivity contribution in [3.63, 3.8) is 0 Å². The van der Waals surface area contributed by atoms with E-state index in [2.05, 4.69) is 53.1 Å². The van der Waals surface area contributed by atoms with Gasteiger partial charge >= 0.3 is 0 Å². The van der Waals surface area contributed by atoms with Gasteiger partial charge in [0, 0.05) is 48.6 Å². The fourth-order valence-corrected chi connectivity index (χ4v) is 4.69. The highest BCUT2D eigenvalue weighted by molar-refractivity contribution is 9.10. The molecular formula is C20H22BrN7OS. The number of rotatable bonds is 4. The van der Waals surface area contributed by atoms with Crippen molar-refractivity contribution in [2.75, 3.05) is 62.3 Å². The van der Waals surface area contributed by atoms with Crippen LogP contribution in [0.2, 0.25) is 0 Å². The predicted octanol–water partition coefficient (Wildman–Crippen LogP) is 2.58. The third-order valence-corrected chi connectivity index (χ3v) is 6.69. The molecule has 2 aliphatic rings. The molecule has 0 amide bonds. The third-order valence-electron chi connectivity index (χ3n) is 5.16. The van der Waals surface area contributed by atoms with Gasteiger partial charge in [0.15, 0.2) is 5.82 Å². The highest BCUT2D eigenvalue weighted by atomic mass is 79.9. The van der Waals surface area contributed by atoms with Gasteiger partial charge in [-0.3, -0.25) is 0 Å². The predicted molar refractivity (Wildman–Crippen MR) is 122 cm³/mol. The zero-order valence-electron chi connectivity index (χ0n) is 16.4. The lowest BCUT2D eigenvalue weighted by Crippen LogP contribution is -2.44. The Morgan fingerprint density at radius 3 is 2.43 bits per heavy atom. The number of benzene rings is 1. The fourth-order valence-electron chi connectivity index (χ4n) is 3.59. The first-order chi connectivity index (χ1) is 14.8. The maximum absolute atomic E-state index is 5.55. The Morgan fingerprint density at radius 2 is 1.67 bits per heavy atom. The largest absolute Gasteiger partial charge is 0.378 e. The first kappa shape index (κ1) is 19.9. The van der Waals surface area contributed by atoms with Gasteiger partial charge in [0.1, 0.15) is 22.4 Å². The molecule has 30 heavy (non-hydrogen) atoms. The normalized spacial score (nSPS) is 17.5. The first-order valence-electron chi connectivity index (χ1n) is 10.0. The highest BCUT2D eigenvalue weighted by Crippen LogP contribution is 2.34. The van der Waals surface area contributed by atoms with E-state index in [1.807, 2.05) is 12.1 Å². The molecule has 2 aromatic heterocycles. The van der Waals surface area contributed by atoms with Crippen molar-refractivity contribution in [3.8, 4) is 0 Å². The minimum absolute atomic E-state index is 0.694. The van der Waals surface area contributed by atoms with E-state index >= 15 is 0 Å². The number of piperazine rings is 1. The SMILES string of the molecule is Brc1ccc(Sc2ncnc3c(N4CCOCC4)nc(N4CCNCC4)nc23)cc1. The quantitative estimate of drug-likeness (QED) is 0.558. The maximum Gasteiger partial charge on any atom is 0.228 e. The van der Waals surface area contributed by atoms with Crippen molar-refractivity contribution < 1.29 is 4.74 Å². The number of hydrogen-bond acceptors (Lipinski definition) is 9. The Balaban J connectivity index is 1.60. The summed E-state index contributed by atoms with van der Waals surface area (Å²) in [5.74, 6) is 1.62. The van der Waals surface area contributed by atoms with Gasteiger partial charge in [0.25, 0.3) is 0 Å². The van der Waals surface area contributed by atoms with Gasteiger partial charge in [0.2, 0.25) is 5.95 Å². The van der Waals surface area contributed by atoms with Crippen LogP contribution in [0, 0.1) is 0 Å². The number of ether oxygens (including phenoxy) is 1. The monoisotopic (exact) mass is 487 g/mol. The number of nitrogens with zero attached hydrogens (tertiary/aromatic N) is 6. The third kappa shape index (κ3) is 4.22. The molecule has 1 N–H and O–H groups in total. The Kier molecular flexibility index (Phi) is 5.98. The smallest absolute Gasteiger partial charge is 0.228 e. The number of morpholine rings is 1. The Hall–Kier alpha value is -2.01. The number of aromatic nitrogens is 4. The van der Waals surface area contributed by atoms with Crippen LogP contribution in [0.5, 0.6) is 0 Å². The molecule has 2 aliphatic heterocycles. The number of anilines is 2. The van der Waals surface area contributed by atoms with Gasteiger partial charge in [-0.25, -0.2) is 15.0 Å². The lowest BCUT2D eigenvalue weighted by Gasteiger charge is -2.31. The molecule has 0 radical (unpaired) electrons. The van der Waals surface area contributed by atoms with Crippen molar-refractivity contribution in [1.29, 1.82) is 0 Å². The van der Waals surface area contributed by atoms with E-state index in [1.165, 1.54) is 0 Å². The van der Waals surface area contributed by atoms with Crippen LogP contribution in [0.3, 0.4) is 0 Å². The molecular weight excluding hydrogens is 466 g/mol. The van der Waals surface area contributed by atoms with Crippen molar-refractivity contribution >= 4 is 50.5 Å². The van der Waals surface area contributed by atoms with Gasteiger partial charge in [-0.15, -0.1) is 0 Å². The van der Waals surface area contributed by atoms with Crippen molar-refractivity contribution in [2.24, 2.45) is 0 Å². The zero-order valence-corrected chi connectivity index (χ0v) is 18.8. The Bertz CT molecular complexity index is 1020. The average Bonchev–Trinajstić information content (AvgIpc) is 2.81. The summed E-state index contributed by atoms with van der Waals surface area (Å²) in [7, 11) is 0. The zero-order chi connectivity index (χ0) is 20.3. The van der Waals surface area contributed by atoms with E-state index in [0.717, 1.165) is 76.5 Å². The molecule has 1 aromatic carbocycles. The molecule has 0 bridgehead atoms. The second-order valence-electron chi connectivity index (χ2n) is 7.12. The van der Waals surface area contributed by atoms with E-state index in [-0.39, 0.29) is 0 Å². The van der Waals surface area contributed by atoms with E-state index < -0.39 is 0 Å². The van der Waals surface area contributed by atoms with Crippen LogP contribution >= 0.6 is 27.7 Å².